The van der Waals surface area contributed by atoms with Gasteiger partial charge in [0.25, 0.3) is 0 Å². The van der Waals surface area contributed by atoms with Crippen LogP contribution in [0.15, 0.2) is 30.3 Å². The van der Waals surface area contributed by atoms with E-state index in [1.54, 1.807) is 7.05 Å². The number of carbonyl (C=O) groups is 1. The molecule has 1 aromatic rings. The molecule has 0 bridgehead atoms. The maximum atomic E-state index is 11.1. The minimum atomic E-state index is 0.109. The predicted molar refractivity (Wildman–Crippen MR) is 75.7 cm³/mol. The SMILES string of the molecule is CNC(=O)CCN(C)CCC(C)c1ccccc1. The fraction of sp³-hybridized carbons (Fsp3) is 0.533. The number of benzene rings is 1. The summed E-state index contributed by atoms with van der Waals surface area (Å²) in [4.78, 5) is 13.4. The Kier molecular flexibility index (Phi) is 6.44. The zero-order valence-corrected chi connectivity index (χ0v) is 11.6. The summed E-state index contributed by atoms with van der Waals surface area (Å²) >= 11 is 0. The second-order valence-corrected chi connectivity index (χ2v) is 4.83. The van der Waals surface area contributed by atoms with Gasteiger partial charge in [0.2, 0.25) is 5.91 Å². The molecular weight excluding hydrogens is 224 g/mol. The highest BCUT2D eigenvalue weighted by molar-refractivity contribution is 5.75. The number of nitrogens with zero attached hydrogens (tertiary/aromatic N) is 1. The summed E-state index contributed by atoms with van der Waals surface area (Å²) in [7, 11) is 3.75. The third-order valence-corrected chi connectivity index (χ3v) is 3.31. The molecule has 0 radical (unpaired) electrons. The summed E-state index contributed by atoms with van der Waals surface area (Å²) in [5.74, 6) is 0.673. The van der Waals surface area contributed by atoms with E-state index in [0.29, 0.717) is 12.3 Å². The van der Waals surface area contributed by atoms with Gasteiger partial charge in [-0.15, -0.1) is 0 Å². The fourth-order valence-corrected chi connectivity index (χ4v) is 1.89. The molecule has 0 heterocycles. The van der Waals surface area contributed by atoms with Gasteiger partial charge in [0, 0.05) is 20.0 Å². The van der Waals surface area contributed by atoms with Gasteiger partial charge >= 0.3 is 0 Å². The normalized spacial score (nSPS) is 12.4. The molecule has 1 atom stereocenters. The summed E-state index contributed by atoms with van der Waals surface area (Å²) in [5.41, 5.74) is 1.39. The van der Waals surface area contributed by atoms with Crippen molar-refractivity contribution in [2.24, 2.45) is 0 Å². The molecule has 3 nitrogen and oxygen atoms in total. The molecule has 1 aromatic carbocycles. The minimum Gasteiger partial charge on any atom is -0.359 e. The largest absolute Gasteiger partial charge is 0.359 e. The predicted octanol–water partition coefficient (Wildman–Crippen LogP) is 2.25. The van der Waals surface area contributed by atoms with Gasteiger partial charge in [-0.2, -0.15) is 0 Å². The lowest BCUT2D eigenvalue weighted by Crippen LogP contribution is -2.27. The van der Waals surface area contributed by atoms with E-state index < -0.39 is 0 Å². The molecule has 1 unspecified atom stereocenters. The first-order valence-electron chi connectivity index (χ1n) is 6.57. The fourth-order valence-electron chi connectivity index (χ4n) is 1.89. The Hall–Kier alpha value is -1.35. The van der Waals surface area contributed by atoms with Gasteiger partial charge in [-0.25, -0.2) is 0 Å². The maximum absolute atomic E-state index is 11.1. The first kappa shape index (κ1) is 14.7. The molecular formula is C15H24N2O. The summed E-state index contributed by atoms with van der Waals surface area (Å²) in [5, 5.41) is 2.65. The molecule has 1 rings (SSSR count). The average molecular weight is 248 g/mol. The molecule has 0 saturated heterocycles. The Labute approximate surface area is 110 Å². The van der Waals surface area contributed by atoms with Crippen molar-refractivity contribution < 1.29 is 4.79 Å². The van der Waals surface area contributed by atoms with Crippen LogP contribution >= 0.6 is 0 Å². The van der Waals surface area contributed by atoms with Crippen LogP contribution in [0, 0.1) is 0 Å². The van der Waals surface area contributed by atoms with Crippen LogP contribution in [-0.4, -0.2) is 38.0 Å². The number of hydrogen-bond acceptors (Lipinski definition) is 2. The Bertz CT molecular complexity index is 351. The van der Waals surface area contributed by atoms with E-state index in [0.717, 1.165) is 19.5 Å². The van der Waals surface area contributed by atoms with E-state index in [4.69, 9.17) is 0 Å². The number of nitrogens with one attached hydrogen (secondary N) is 1. The Morgan fingerprint density at radius 1 is 1.28 bits per heavy atom. The topological polar surface area (TPSA) is 32.3 Å². The molecule has 0 aliphatic rings. The van der Waals surface area contributed by atoms with Gasteiger partial charge in [-0.05, 0) is 31.5 Å². The van der Waals surface area contributed by atoms with Crippen LogP contribution in [0.2, 0.25) is 0 Å². The van der Waals surface area contributed by atoms with Gasteiger partial charge < -0.3 is 10.2 Å². The van der Waals surface area contributed by atoms with E-state index in [2.05, 4.69) is 48.5 Å². The number of carbonyl (C=O) groups excluding carboxylic acids is 1. The smallest absolute Gasteiger partial charge is 0.221 e. The highest BCUT2D eigenvalue weighted by Gasteiger charge is 2.07. The molecule has 0 aliphatic carbocycles. The van der Waals surface area contributed by atoms with Crippen molar-refractivity contribution in [1.29, 1.82) is 0 Å². The molecule has 1 N–H and O–H groups in total. The molecule has 0 spiro atoms. The van der Waals surface area contributed by atoms with Crippen LogP contribution in [0.25, 0.3) is 0 Å². The highest BCUT2D eigenvalue weighted by Crippen LogP contribution is 2.18. The molecule has 18 heavy (non-hydrogen) atoms. The van der Waals surface area contributed by atoms with Crippen molar-refractivity contribution in [3.8, 4) is 0 Å². The second kappa shape index (κ2) is 7.88. The van der Waals surface area contributed by atoms with Gasteiger partial charge in [0.15, 0.2) is 0 Å². The number of amides is 1. The summed E-state index contributed by atoms with van der Waals surface area (Å²) < 4.78 is 0. The van der Waals surface area contributed by atoms with Crippen LogP contribution in [-0.2, 0) is 4.79 Å². The molecule has 100 valence electrons. The van der Waals surface area contributed by atoms with E-state index in [-0.39, 0.29) is 5.91 Å². The zero-order chi connectivity index (χ0) is 13.4. The Balaban J connectivity index is 2.26. The summed E-state index contributed by atoms with van der Waals surface area (Å²) in [6, 6.07) is 10.6. The molecule has 0 aliphatic heterocycles. The first-order chi connectivity index (χ1) is 8.63. The molecule has 0 fully saturated rings. The van der Waals surface area contributed by atoms with Crippen molar-refractivity contribution in [3.05, 3.63) is 35.9 Å². The standard InChI is InChI=1S/C15H24N2O/c1-13(14-7-5-4-6-8-14)9-11-17(3)12-10-15(18)16-2/h4-8,13H,9-12H2,1-3H3,(H,16,18). The van der Waals surface area contributed by atoms with Crippen LogP contribution < -0.4 is 5.32 Å². The number of hydrogen-bond donors (Lipinski definition) is 1. The Morgan fingerprint density at radius 3 is 2.56 bits per heavy atom. The summed E-state index contributed by atoms with van der Waals surface area (Å²) in [6.45, 7) is 4.09. The first-order valence-corrected chi connectivity index (χ1v) is 6.57. The maximum Gasteiger partial charge on any atom is 0.221 e. The third-order valence-electron chi connectivity index (χ3n) is 3.31. The van der Waals surface area contributed by atoms with Gasteiger partial charge in [0.1, 0.15) is 0 Å². The minimum absolute atomic E-state index is 0.109. The highest BCUT2D eigenvalue weighted by atomic mass is 16.1. The van der Waals surface area contributed by atoms with E-state index in [1.165, 1.54) is 5.56 Å². The van der Waals surface area contributed by atoms with Crippen LogP contribution in [0.5, 0.6) is 0 Å². The van der Waals surface area contributed by atoms with Crippen LogP contribution in [0.3, 0.4) is 0 Å². The van der Waals surface area contributed by atoms with Crippen molar-refractivity contribution in [3.63, 3.8) is 0 Å². The molecule has 3 heteroatoms. The van der Waals surface area contributed by atoms with Crippen molar-refractivity contribution >= 4 is 5.91 Å². The van der Waals surface area contributed by atoms with Crippen molar-refractivity contribution in [2.75, 3.05) is 27.2 Å². The molecule has 0 aromatic heterocycles. The van der Waals surface area contributed by atoms with Crippen LogP contribution in [0.4, 0.5) is 0 Å². The lowest BCUT2D eigenvalue weighted by molar-refractivity contribution is -0.120. The lowest BCUT2D eigenvalue weighted by atomic mass is 9.98. The molecule has 1 amide bonds. The molecule has 0 saturated carbocycles. The van der Waals surface area contributed by atoms with E-state index >= 15 is 0 Å². The van der Waals surface area contributed by atoms with Crippen molar-refractivity contribution in [1.82, 2.24) is 10.2 Å². The number of rotatable bonds is 7. The average Bonchev–Trinajstić information content (AvgIpc) is 2.42. The lowest BCUT2D eigenvalue weighted by Gasteiger charge is -2.19. The van der Waals surface area contributed by atoms with E-state index in [1.807, 2.05) is 6.07 Å². The quantitative estimate of drug-likeness (QED) is 0.802. The van der Waals surface area contributed by atoms with Gasteiger partial charge in [-0.1, -0.05) is 37.3 Å². The third kappa shape index (κ3) is 5.32. The van der Waals surface area contributed by atoms with Crippen molar-refractivity contribution in [2.45, 2.75) is 25.7 Å². The second-order valence-electron chi connectivity index (χ2n) is 4.83. The Morgan fingerprint density at radius 2 is 1.94 bits per heavy atom. The summed E-state index contributed by atoms with van der Waals surface area (Å²) in [6.07, 6.45) is 1.70. The monoisotopic (exact) mass is 248 g/mol. The zero-order valence-electron chi connectivity index (χ0n) is 11.6. The van der Waals surface area contributed by atoms with E-state index in [9.17, 15) is 4.79 Å². The van der Waals surface area contributed by atoms with Gasteiger partial charge in [0.05, 0.1) is 0 Å². The van der Waals surface area contributed by atoms with Crippen LogP contribution in [0.1, 0.15) is 31.2 Å². The van der Waals surface area contributed by atoms with Gasteiger partial charge in [-0.3, -0.25) is 4.79 Å².